The summed E-state index contributed by atoms with van der Waals surface area (Å²) >= 11 is 0. The van der Waals surface area contributed by atoms with Crippen LogP contribution in [0, 0.1) is 0 Å². The molecule has 1 atom stereocenters. The second-order valence-corrected chi connectivity index (χ2v) is 3.31. The van der Waals surface area contributed by atoms with Crippen molar-refractivity contribution in [2.24, 2.45) is 0 Å². The maximum Gasteiger partial charge on any atom is 0.320 e. The van der Waals surface area contributed by atoms with Crippen LogP contribution in [0.2, 0.25) is 0 Å². The normalized spacial score (nSPS) is 11.9. The highest BCUT2D eigenvalue weighted by atomic mass is 16.5. The molecule has 1 heterocycles. The molecule has 0 saturated heterocycles. The molecule has 0 radical (unpaired) electrons. The van der Waals surface area contributed by atoms with Crippen LogP contribution in [-0.2, 0) is 11.3 Å². The number of aromatic nitrogens is 2. The first-order chi connectivity index (χ1) is 8.10. The van der Waals surface area contributed by atoms with Crippen LogP contribution in [-0.4, -0.2) is 41.3 Å². The van der Waals surface area contributed by atoms with E-state index in [0.717, 1.165) is 0 Å². The standard InChI is InChI=1S/C10H15N3O4/c1-6(10(14)15)11-4-7-8(16-2)12-5-13-9(7)17-3/h5-6,11H,4H2,1-3H3,(H,14,15). The molecule has 2 N–H and O–H groups in total. The van der Waals surface area contributed by atoms with Gasteiger partial charge >= 0.3 is 5.97 Å². The first-order valence-corrected chi connectivity index (χ1v) is 4.98. The van der Waals surface area contributed by atoms with E-state index in [9.17, 15) is 4.79 Å². The van der Waals surface area contributed by atoms with E-state index < -0.39 is 12.0 Å². The Hall–Kier alpha value is -1.89. The molecule has 1 aromatic heterocycles. The van der Waals surface area contributed by atoms with Gasteiger partial charge in [-0.25, -0.2) is 9.97 Å². The number of carbonyl (C=O) groups is 1. The Kier molecular flexibility index (Phi) is 4.65. The van der Waals surface area contributed by atoms with Gasteiger partial charge in [-0.15, -0.1) is 0 Å². The smallest absolute Gasteiger partial charge is 0.320 e. The summed E-state index contributed by atoms with van der Waals surface area (Å²) in [5.74, 6) is -0.205. The number of carboxylic acid groups (broad SMARTS) is 1. The van der Waals surface area contributed by atoms with Gasteiger partial charge in [0.2, 0.25) is 11.8 Å². The Morgan fingerprint density at radius 3 is 2.35 bits per heavy atom. The Labute approximate surface area is 98.8 Å². The molecule has 0 spiro atoms. The number of hydrogen-bond donors (Lipinski definition) is 2. The lowest BCUT2D eigenvalue weighted by Crippen LogP contribution is -2.33. The summed E-state index contributed by atoms with van der Waals surface area (Å²) in [6, 6.07) is -0.676. The summed E-state index contributed by atoms with van der Waals surface area (Å²) < 4.78 is 10.1. The Balaban J connectivity index is 2.84. The van der Waals surface area contributed by atoms with Crippen LogP contribution in [0.15, 0.2) is 6.33 Å². The number of aliphatic carboxylic acids is 1. The summed E-state index contributed by atoms with van der Waals surface area (Å²) in [4.78, 5) is 18.5. The topological polar surface area (TPSA) is 93.6 Å². The van der Waals surface area contributed by atoms with Gasteiger partial charge in [-0.1, -0.05) is 0 Å². The van der Waals surface area contributed by atoms with Gasteiger partial charge in [0.25, 0.3) is 0 Å². The number of ether oxygens (including phenoxy) is 2. The molecule has 1 rings (SSSR count). The highest BCUT2D eigenvalue weighted by Gasteiger charge is 2.16. The lowest BCUT2D eigenvalue weighted by Gasteiger charge is -2.13. The second kappa shape index (κ2) is 6.00. The first kappa shape index (κ1) is 13.2. The third-order valence-electron chi connectivity index (χ3n) is 2.21. The van der Waals surface area contributed by atoms with Crippen molar-refractivity contribution in [2.75, 3.05) is 14.2 Å². The molecule has 94 valence electrons. The van der Waals surface area contributed by atoms with Crippen molar-refractivity contribution in [1.29, 1.82) is 0 Å². The van der Waals surface area contributed by atoms with E-state index in [4.69, 9.17) is 14.6 Å². The van der Waals surface area contributed by atoms with E-state index in [1.807, 2.05) is 0 Å². The van der Waals surface area contributed by atoms with Crippen molar-refractivity contribution in [2.45, 2.75) is 19.5 Å². The zero-order chi connectivity index (χ0) is 12.8. The molecule has 0 aliphatic rings. The minimum Gasteiger partial charge on any atom is -0.481 e. The molecule has 1 aromatic rings. The quantitative estimate of drug-likeness (QED) is 0.727. The van der Waals surface area contributed by atoms with Gasteiger partial charge in [0.05, 0.1) is 19.8 Å². The van der Waals surface area contributed by atoms with Crippen molar-refractivity contribution in [1.82, 2.24) is 15.3 Å². The second-order valence-electron chi connectivity index (χ2n) is 3.31. The minimum atomic E-state index is -0.931. The third-order valence-corrected chi connectivity index (χ3v) is 2.21. The number of hydrogen-bond acceptors (Lipinski definition) is 6. The molecule has 0 amide bonds. The summed E-state index contributed by atoms with van der Waals surface area (Å²) in [6.07, 6.45) is 1.32. The van der Waals surface area contributed by atoms with Crippen molar-refractivity contribution < 1.29 is 19.4 Å². The fraction of sp³-hybridized carbons (Fsp3) is 0.500. The first-order valence-electron chi connectivity index (χ1n) is 4.98. The van der Waals surface area contributed by atoms with Gasteiger partial charge in [0.15, 0.2) is 0 Å². The van der Waals surface area contributed by atoms with Gasteiger partial charge in [-0.3, -0.25) is 4.79 Å². The van der Waals surface area contributed by atoms with Crippen LogP contribution < -0.4 is 14.8 Å². The predicted molar refractivity (Wildman–Crippen MR) is 59.1 cm³/mol. The fourth-order valence-corrected chi connectivity index (χ4v) is 1.23. The number of nitrogens with one attached hydrogen (secondary N) is 1. The van der Waals surface area contributed by atoms with Crippen molar-refractivity contribution >= 4 is 5.97 Å². The molecule has 0 aromatic carbocycles. The number of nitrogens with zero attached hydrogens (tertiary/aromatic N) is 2. The minimum absolute atomic E-state index is 0.251. The fourth-order valence-electron chi connectivity index (χ4n) is 1.23. The zero-order valence-corrected chi connectivity index (χ0v) is 9.93. The van der Waals surface area contributed by atoms with Crippen LogP contribution in [0.5, 0.6) is 11.8 Å². The number of rotatable bonds is 6. The van der Waals surface area contributed by atoms with Gasteiger partial charge in [-0.05, 0) is 6.92 Å². The van der Waals surface area contributed by atoms with Crippen LogP contribution >= 0.6 is 0 Å². The van der Waals surface area contributed by atoms with Crippen molar-refractivity contribution in [3.05, 3.63) is 11.9 Å². The average Bonchev–Trinajstić information content (AvgIpc) is 2.34. The van der Waals surface area contributed by atoms with E-state index >= 15 is 0 Å². The molecular weight excluding hydrogens is 226 g/mol. The van der Waals surface area contributed by atoms with Crippen LogP contribution in [0.25, 0.3) is 0 Å². The largest absolute Gasteiger partial charge is 0.481 e. The zero-order valence-electron chi connectivity index (χ0n) is 9.93. The average molecular weight is 241 g/mol. The highest BCUT2D eigenvalue weighted by Crippen LogP contribution is 2.22. The van der Waals surface area contributed by atoms with Gasteiger partial charge in [-0.2, -0.15) is 0 Å². The summed E-state index contributed by atoms with van der Waals surface area (Å²) in [6.45, 7) is 1.80. The van der Waals surface area contributed by atoms with Crippen molar-refractivity contribution in [3.63, 3.8) is 0 Å². The lowest BCUT2D eigenvalue weighted by molar-refractivity contribution is -0.139. The lowest BCUT2D eigenvalue weighted by atomic mass is 10.2. The third kappa shape index (κ3) is 3.28. The molecule has 7 heteroatoms. The molecule has 1 unspecified atom stereocenters. The van der Waals surface area contributed by atoms with E-state index in [0.29, 0.717) is 17.3 Å². The maximum atomic E-state index is 10.7. The SMILES string of the molecule is COc1ncnc(OC)c1CNC(C)C(=O)O. The molecule has 0 aliphatic heterocycles. The van der Waals surface area contributed by atoms with Crippen LogP contribution in [0.1, 0.15) is 12.5 Å². The van der Waals surface area contributed by atoms with Crippen LogP contribution in [0.3, 0.4) is 0 Å². The van der Waals surface area contributed by atoms with Crippen LogP contribution in [0.4, 0.5) is 0 Å². The molecule has 17 heavy (non-hydrogen) atoms. The van der Waals surface area contributed by atoms with E-state index in [2.05, 4.69) is 15.3 Å². The predicted octanol–water partition coefficient (Wildman–Crippen LogP) is 0.0565. The maximum absolute atomic E-state index is 10.7. The Morgan fingerprint density at radius 1 is 1.41 bits per heavy atom. The summed E-state index contributed by atoms with van der Waals surface area (Å²) in [7, 11) is 2.96. The molecular formula is C10H15N3O4. The molecule has 0 saturated carbocycles. The van der Waals surface area contributed by atoms with Gasteiger partial charge < -0.3 is 19.9 Å². The highest BCUT2D eigenvalue weighted by molar-refractivity contribution is 5.72. The summed E-state index contributed by atoms with van der Waals surface area (Å²) in [5.41, 5.74) is 0.589. The molecule has 0 aliphatic carbocycles. The van der Waals surface area contributed by atoms with Gasteiger partial charge in [0, 0.05) is 6.54 Å². The molecule has 0 bridgehead atoms. The van der Waals surface area contributed by atoms with Crippen molar-refractivity contribution in [3.8, 4) is 11.8 Å². The number of methoxy groups -OCH3 is 2. The number of carboxylic acids is 1. The van der Waals surface area contributed by atoms with E-state index in [1.165, 1.54) is 20.5 Å². The van der Waals surface area contributed by atoms with Gasteiger partial charge in [0.1, 0.15) is 12.4 Å². The Morgan fingerprint density at radius 2 is 1.94 bits per heavy atom. The van der Waals surface area contributed by atoms with E-state index in [-0.39, 0.29) is 6.54 Å². The monoisotopic (exact) mass is 241 g/mol. The Bertz CT molecular complexity index is 375. The molecule has 7 nitrogen and oxygen atoms in total. The summed E-state index contributed by atoms with van der Waals surface area (Å²) in [5, 5.41) is 11.6. The molecule has 0 fully saturated rings. The van der Waals surface area contributed by atoms with E-state index in [1.54, 1.807) is 6.92 Å².